The number of rotatable bonds is 3. The average Bonchev–Trinajstić information content (AvgIpc) is 3.30. The number of imide groups is 1. The molecule has 6 amide bonds. The van der Waals surface area contributed by atoms with Gasteiger partial charge in [-0.05, 0) is 60.2 Å². The lowest BCUT2D eigenvalue weighted by Gasteiger charge is -2.41. The SMILES string of the molecule is COc1ccc2cc1Oc1cc(F)cc(c1)CNC(=O)C1(CCN(C(=O)CC3C(=O)N(C)C(=O)N3C)CC1)Oc1ccc(cc1)OCCNC2=O. The molecule has 0 radical (unpaired) electrons. The van der Waals surface area contributed by atoms with Crippen LogP contribution in [-0.4, -0.2) is 103 Å². The molecule has 1 unspecified atom stereocenters. The third-order valence-electron chi connectivity index (χ3n) is 9.21. The van der Waals surface area contributed by atoms with Crippen LogP contribution in [0.3, 0.4) is 0 Å². The van der Waals surface area contributed by atoms with E-state index in [1.54, 1.807) is 47.4 Å². The van der Waals surface area contributed by atoms with Crippen molar-refractivity contribution in [2.24, 2.45) is 0 Å². The summed E-state index contributed by atoms with van der Waals surface area (Å²) in [5.41, 5.74) is -0.716. The fourth-order valence-electron chi connectivity index (χ4n) is 6.28. The third kappa shape index (κ3) is 7.51. The van der Waals surface area contributed by atoms with Crippen LogP contribution >= 0.6 is 0 Å². The first-order chi connectivity index (χ1) is 24.5. The number of ether oxygens (including phenoxy) is 4. The molecule has 1 spiro atoms. The topological polar surface area (TPSA) is 156 Å². The van der Waals surface area contributed by atoms with Crippen molar-refractivity contribution in [3.63, 3.8) is 0 Å². The molecule has 0 saturated carbocycles. The monoisotopic (exact) mass is 703 g/mol. The van der Waals surface area contributed by atoms with Crippen LogP contribution in [0.4, 0.5) is 9.18 Å². The van der Waals surface area contributed by atoms with Crippen LogP contribution in [0.5, 0.6) is 28.7 Å². The first-order valence-electron chi connectivity index (χ1n) is 16.4. The molecule has 2 saturated heterocycles. The molecule has 268 valence electrons. The number of halogens is 1. The summed E-state index contributed by atoms with van der Waals surface area (Å²) in [4.78, 5) is 68.7. The highest BCUT2D eigenvalue weighted by Crippen LogP contribution is 2.34. The lowest BCUT2D eigenvalue weighted by atomic mass is 9.89. The fourth-order valence-corrected chi connectivity index (χ4v) is 6.28. The van der Waals surface area contributed by atoms with Crippen molar-refractivity contribution in [3.05, 3.63) is 77.6 Å². The van der Waals surface area contributed by atoms with Gasteiger partial charge in [0.05, 0.1) is 20.1 Å². The van der Waals surface area contributed by atoms with Gasteiger partial charge in [-0.25, -0.2) is 9.18 Å². The molecule has 3 aromatic carbocycles. The van der Waals surface area contributed by atoms with Gasteiger partial charge >= 0.3 is 6.03 Å². The molecule has 2 N–H and O–H groups in total. The molecular formula is C36H38FN5O9. The Morgan fingerprint density at radius 2 is 1.67 bits per heavy atom. The zero-order valence-electron chi connectivity index (χ0n) is 28.4. The second-order valence-electron chi connectivity index (χ2n) is 12.5. The molecule has 0 aromatic heterocycles. The Morgan fingerprint density at radius 1 is 0.941 bits per heavy atom. The van der Waals surface area contributed by atoms with Gasteiger partial charge in [-0.2, -0.15) is 0 Å². The number of carbonyl (C=O) groups is 5. The average molecular weight is 704 g/mol. The van der Waals surface area contributed by atoms with Crippen LogP contribution in [0, 0.1) is 5.82 Å². The summed E-state index contributed by atoms with van der Waals surface area (Å²) in [7, 11) is 4.30. The van der Waals surface area contributed by atoms with Gasteiger partial charge in [-0.1, -0.05) is 0 Å². The maximum Gasteiger partial charge on any atom is 0.326 e. The number of piperidine rings is 1. The molecule has 7 rings (SSSR count). The number of hydrogen-bond donors (Lipinski definition) is 2. The van der Waals surface area contributed by atoms with E-state index in [0.29, 0.717) is 28.4 Å². The highest BCUT2D eigenvalue weighted by Gasteiger charge is 2.46. The number of nitrogens with one attached hydrogen (secondary N) is 2. The number of methoxy groups -OCH3 is 1. The Balaban J connectivity index is 1.24. The van der Waals surface area contributed by atoms with Gasteiger partial charge in [0.25, 0.3) is 17.7 Å². The first-order valence-corrected chi connectivity index (χ1v) is 16.4. The summed E-state index contributed by atoms with van der Waals surface area (Å²) in [6.45, 7) is 0.577. The minimum atomic E-state index is -1.40. The van der Waals surface area contributed by atoms with Crippen molar-refractivity contribution < 1.29 is 47.3 Å². The Hall–Kier alpha value is -5.86. The number of amides is 6. The fraction of sp³-hybridized carbons (Fsp3) is 0.361. The molecule has 0 aliphatic carbocycles. The molecule has 14 nitrogen and oxygen atoms in total. The largest absolute Gasteiger partial charge is 0.493 e. The molecule has 6 bridgehead atoms. The summed E-state index contributed by atoms with van der Waals surface area (Å²) >= 11 is 0. The quantitative estimate of drug-likeness (QED) is 0.392. The minimum Gasteiger partial charge on any atom is -0.493 e. The van der Waals surface area contributed by atoms with Crippen molar-refractivity contribution in [1.82, 2.24) is 25.3 Å². The number of likely N-dealkylation sites (N-methyl/N-ethyl adjacent to an activating group) is 2. The van der Waals surface area contributed by atoms with Gasteiger partial charge in [0.1, 0.15) is 35.7 Å². The number of hydrogen-bond acceptors (Lipinski definition) is 9. The lowest BCUT2D eigenvalue weighted by molar-refractivity contribution is -0.147. The van der Waals surface area contributed by atoms with Crippen LogP contribution in [0.2, 0.25) is 0 Å². The number of carbonyl (C=O) groups excluding carboxylic acids is 5. The van der Waals surface area contributed by atoms with Gasteiger partial charge in [0.15, 0.2) is 17.1 Å². The van der Waals surface area contributed by atoms with Crippen molar-refractivity contribution >= 4 is 29.7 Å². The number of likely N-dealkylation sites (tertiary alicyclic amines) is 1. The molecule has 3 aromatic rings. The zero-order chi connectivity index (χ0) is 36.3. The molecule has 2 fully saturated rings. The molecule has 51 heavy (non-hydrogen) atoms. The van der Waals surface area contributed by atoms with Gasteiger partial charge in [-0.15, -0.1) is 0 Å². The van der Waals surface area contributed by atoms with Crippen LogP contribution in [0.15, 0.2) is 60.7 Å². The number of nitrogens with zero attached hydrogens (tertiary/aromatic N) is 3. The predicted octanol–water partition coefficient (Wildman–Crippen LogP) is 3.09. The van der Waals surface area contributed by atoms with Crippen molar-refractivity contribution in [3.8, 4) is 28.7 Å². The maximum absolute atomic E-state index is 14.9. The Morgan fingerprint density at radius 3 is 2.35 bits per heavy atom. The predicted molar refractivity (Wildman–Crippen MR) is 179 cm³/mol. The molecule has 1 atom stereocenters. The summed E-state index contributed by atoms with van der Waals surface area (Å²) in [5.74, 6) is -0.711. The Labute approximate surface area is 293 Å². The van der Waals surface area contributed by atoms with Crippen LogP contribution in [0.1, 0.15) is 35.2 Å². The second-order valence-corrected chi connectivity index (χ2v) is 12.5. The highest BCUT2D eigenvalue weighted by atomic mass is 19.1. The van der Waals surface area contributed by atoms with E-state index >= 15 is 0 Å². The van der Waals surface area contributed by atoms with Gasteiger partial charge < -0.3 is 39.4 Å². The van der Waals surface area contributed by atoms with Crippen molar-refractivity contribution in [2.75, 3.05) is 47.4 Å². The van der Waals surface area contributed by atoms with Crippen LogP contribution in [0.25, 0.3) is 0 Å². The van der Waals surface area contributed by atoms with Crippen LogP contribution < -0.4 is 29.6 Å². The Bertz CT molecular complexity index is 1840. The number of fused-ring (bicyclic) bond motifs is 8. The van der Waals surface area contributed by atoms with Crippen molar-refractivity contribution in [2.45, 2.75) is 37.5 Å². The molecule has 4 heterocycles. The summed E-state index contributed by atoms with van der Waals surface area (Å²) < 4.78 is 38.4. The van der Waals surface area contributed by atoms with E-state index in [-0.39, 0.29) is 75.4 Å². The van der Waals surface area contributed by atoms with Crippen molar-refractivity contribution in [1.29, 1.82) is 0 Å². The van der Waals surface area contributed by atoms with E-state index in [1.807, 2.05) is 0 Å². The first kappa shape index (κ1) is 35.0. The van der Waals surface area contributed by atoms with E-state index in [2.05, 4.69) is 10.6 Å². The summed E-state index contributed by atoms with van der Waals surface area (Å²) in [6, 6.07) is 13.9. The number of urea groups is 1. The van der Waals surface area contributed by atoms with Crippen LogP contribution in [-0.2, 0) is 20.9 Å². The molecule has 4 aliphatic heterocycles. The smallest absolute Gasteiger partial charge is 0.326 e. The summed E-state index contributed by atoms with van der Waals surface area (Å²) in [6.07, 6.45) is 0.0453. The van der Waals surface area contributed by atoms with E-state index < -0.39 is 35.3 Å². The minimum absolute atomic E-state index is 0.0786. The summed E-state index contributed by atoms with van der Waals surface area (Å²) in [5, 5.41) is 5.67. The van der Waals surface area contributed by atoms with E-state index in [0.717, 1.165) is 4.90 Å². The normalized spacial score (nSPS) is 19.4. The number of benzene rings is 3. The van der Waals surface area contributed by atoms with Gasteiger partial charge in [-0.3, -0.25) is 24.1 Å². The lowest BCUT2D eigenvalue weighted by Crippen LogP contribution is -2.58. The van der Waals surface area contributed by atoms with E-state index in [1.165, 1.54) is 44.3 Å². The second kappa shape index (κ2) is 14.5. The Kier molecular flexibility index (Phi) is 9.98. The molecule has 15 heteroatoms. The highest BCUT2D eigenvalue weighted by molar-refractivity contribution is 6.05. The van der Waals surface area contributed by atoms with E-state index in [9.17, 15) is 28.4 Å². The van der Waals surface area contributed by atoms with Gasteiger partial charge in [0, 0.05) is 58.2 Å². The molecular weight excluding hydrogens is 665 g/mol. The maximum atomic E-state index is 14.9. The van der Waals surface area contributed by atoms with Gasteiger partial charge in [0.2, 0.25) is 5.91 Å². The molecule has 4 aliphatic rings. The van der Waals surface area contributed by atoms with E-state index in [4.69, 9.17) is 18.9 Å². The third-order valence-corrected chi connectivity index (χ3v) is 9.21. The zero-order valence-corrected chi connectivity index (χ0v) is 28.4. The standard InChI is InChI=1S/C36H38FN5O9/c1-40-28(33(45)41(2)35(40)47)20-31(43)42-13-10-36(11-14-42)34(46)39-21-22-16-24(37)19-27(17-22)50-30-18-23(4-9-29(30)48-3)32(44)38-12-15-49-25-5-7-26(51-36)8-6-25/h4-9,16-19,28H,10-15,20-21H2,1-3H3,(H,38,44)(H,39,46).